The van der Waals surface area contributed by atoms with Crippen LogP contribution < -0.4 is 5.32 Å². The third kappa shape index (κ3) is 3.85. The summed E-state index contributed by atoms with van der Waals surface area (Å²) in [5.41, 5.74) is 1.40. The number of likely N-dealkylation sites (tertiary alicyclic amines) is 1. The van der Waals surface area contributed by atoms with E-state index in [1.165, 1.54) is 0 Å². The molecule has 0 aromatic heterocycles. The number of amides is 1. The topological polar surface area (TPSA) is 32.3 Å². The summed E-state index contributed by atoms with van der Waals surface area (Å²) in [6, 6.07) is 5.85. The Bertz CT molecular complexity index is 582. The molecule has 126 valence electrons. The monoisotopic (exact) mass is 318 g/mol. The minimum atomic E-state index is -0.317. The van der Waals surface area contributed by atoms with Gasteiger partial charge < -0.3 is 10.2 Å². The number of hydrogen-bond donors (Lipinski definition) is 1. The van der Waals surface area contributed by atoms with E-state index in [0.717, 1.165) is 50.0 Å². The lowest BCUT2D eigenvalue weighted by atomic mass is 9.93. The molecular formula is C19H27FN2O. The van der Waals surface area contributed by atoms with Crippen molar-refractivity contribution in [3.05, 3.63) is 29.6 Å². The van der Waals surface area contributed by atoms with E-state index < -0.39 is 0 Å². The van der Waals surface area contributed by atoms with E-state index in [4.69, 9.17) is 0 Å². The molecular weight excluding hydrogens is 291 g/mol. The lowest BCUT2D eigenvalue weighted by Gasteiger charge is -2.36. The number of hydrogen-bond acceptors (Lipinski definition) is 2. The van der Waals surface area contributed by atoms with E-state index >= 15 is 0 Å². The fourth-order valence-electron chi connectivity index (χ4n) is 3.28. The van der Waals surface area contributed by atoms with E-state index in [0.29, 0.717) is 12.0 Å². The molecule has 3 nitrogen and oxygen atoms in total. The van der Waals surface area contributed by atoms with Crippen LogP contribution in [0.4, 0.5) is 10.1 Å². The van der Waals surface area contributed by atoms with Crippen LogP contribution in [0.25, 0.3) is 0 Å². The Balaban J connectivity index is 1.54. The van der Waals surface area contributed by atoms with Gasteiger partial charge in [0.15, 0.2) is 0 Å². The smallest absolute Gasteiger partial charge is 0.227 e. The van der Waals surface area contributed by atoms with Crippen LogP contribution in [0.2, 0.25) is 0 Å². The molecule has 1 saturated carbocycles. The average Bonchev–Trinajstić information content (AvgIpc) is 3.31. The first-order valence-corrected chi connectivity index (χ1v) is 8.70. The molecule has 1 aromatic rings. The molecule has 0 radical (unpaired) electrons. The van der Waals surface area contributed by atoms with E-state index in [-0.39, 0.29) is 17.1 Å². The molecule has 1 aliphatic carbocycles. The number of carbonyl (C=O) groups is 1. The SMILES string of the molecule is CC(C)(C)C(=O)N1CCC(Nc2ccc(C3CC3)c(F)c2)CC1. The van der Waals surface area contributed by atoms with Gasteiger partial charge in [-0.25, -0.2) is 4.39 Å². The first kappa shape index (κ1) is 16.3. The molecule has 1 N–H and O–H groups in total. The predicted octanol–water partition coefficient (Wildman–Crippen LogP) is 4.15. The molecule has 0 atom stereocenters. The maximum absolute atomic E-state index is 14.1. The van der Waals surface area contributed by atoms with Crippen molar-refractivity contribution in [2.75, 3.05) is 18.4 Å². The highest BCUT2D eigenvalue weighted by molar-refractivity contribution is 5.81. The summed E-state index contributed by atoms with van der Waals surface area (Å²) in [6.45, 7) is 7.43. The van der Waals surface area contributed by atoms with Crippen molar-refractivity contribution < 1.29 is 9.18 Å². The third-order valence-corrected chi connectivity index (χ3v) is 4.81. The van der Waals surface area contributed by atoms with Gasteiger partial charge in [0.25, 0.3) is 0 Å². The molecule has 0 spiro atoms. The van der Waals surface area contributed by atoms with Crippen LogP contribution in [0.15, 0.2) is 18.2 Å². The Labute approximate surface area is 138 Å². The van der Waals surface area contributed by atoms with Crippen LogP contribution >= 0.6 is 0 Å². The Morgan fingerprint density at radius 1 is 1.17 bits per heavy atom. The summed E-state index contributed by atoms with van der Waals surface area (Å²) in [7, 11) is 0. The number of anilines is 1. The van der Waals surface area contributed by atoms with Crippen LogP contribution in [0.3, 0.4) is 0 Å². The number of rotatable bonds is 3. The standard InChI is InChI=1S/C19H27FN2O/c1-19(2,3)18(23)22-10-8-14(9-11-22)21-15-6-7-16(13-4-5-13)17(20)12-15/h6-7,12-14,21H,4-5,8-11H2,1-3H3. The highest BCUT2D eigenvalue weighted by Gasteiger charge is 2.30. The highest BCUT2D eigenvalue weighted by atomic mass is 19.1. The lowest BCUT2D eigenvalue weighted by molar-refractivity contribution is -0.140. The Morgan fingerprint density at radius 3 is 2.35 bits per heavy atom. The number of carbonyl (C=O) groups excluding carboxylic acids is 1. The van der Waals surface area contributed by atoms with Crippen molar-refractivity contribution in [1.29, 1.82) is 0 Å². The Morgan fingerprint density at radius 2 is 1.83 bits per heavy atom. The van der Waals surface area contributed by atoms with Crippen molar-refractivity contribution in [1.82, 2.24) is 4.90 Å². The summed E-state index contributed by atoms with van der Waals surface area (Å²) >= 11 is 0. The van der Waals surface area contributed by atoms with Gasteiger partial charge in [0, 0.05) is 30.2 Å². The van der Waals surface area contributed by atoms with Gasteiger partial charge in [-0.15, -0.1) is 0 Å². The predicted molar refractivity (Wildman–Crippen MR) is 91.1 cm³/mol. The Kier molecular flexibility index (Phi) is 4.35. The molecule has 1 amide bonds. The highest BCUT2D eigenvalue weighted by Crippen LogP contribution is 2.41. The molecule has 1 aromatic carbocycles. The van der Waals surface area contributed by atoms with Crippen LogP contribution in [0.5, 0.6) is 0 Å². The van der Waals surface area contributed by atoms with Gasteiger partial charge >= 0.3 is 0 Å². The van der Waals surface area contributed by atoms with Crippen molar-refractivity contribution in [2.45, 2.75) is 58.4 Å². The number of nitrogens with zero attached hydrogens (tertiary/aromatic N) is 1. The van der Waals surface area contributed by atoms with E-state index in [9.17, 15) is 9.18 Å². The van der Waals surface area contributed by atoms with Crippen molar-refractivity contribution in [3.8, 4) is 0 Å². The summed E-state index contributed by atoms with van der Waals surface area (Å²) in [4.78, 5) is 14.2. The quantitative estimate of drug-likeness (QED) is 0.908. The van der Waals surface area contributed by atoms with E-state index in [1.807, 2.05) is 37.8 Å². The van der Waals surface area contributed by atoms with Crippen LogP contribution in [-0.4, -0.2) is 29.9 Å². The van der Waals surface area contributed by atoms with Crippen LogP contribution in [0.1, 0.15) is 57.9 Å². The number of benzene rings is 1. The molecule has 2 aliphatic rings. The third-order valence-electron chi connectivity index (χ3n) is 4.81. The molecule has 1 heterocycles. The number of halogens is 1. The fourth-order valence-corrected chi connectivity index (χ4v) is 3.28. The maximum atomic E-state index is 14.1. The van der Waals surface area contributed by atoms with Crippen molar-refractivity contribution in [2.24, 2.45) is 5.41 Å². The molecule has 1 saturated heterocycles. The number of piperidine rings is 1. The first-order chi connectivity index (χ1) is 10.8. The normalized spacial score (nSPS) is 19.7. The fraction of sp³-hybridized carbons (Fsp3) is 0.632. The summed E-state index contributed by atoms with van der Waals surface area (Å²) in [6.07, 6.45) is 4.05. The summed E-state index contributed by atoms with van der Waals surface area (Å²) < 4.78 is 14.1. The van der Waals surface area contributed by atoms with Gasteiger partial charge in [-0.2, -0.15) is 0 Å². The summed E-state index contributed by atoms with van der Waals surface area (Å²) in [5, 5.41) is 3.43. The lowest BCUT2D eigenvalue weighted by Crippen LogP contribution is -2.46. The van der Waals surface area contributed by atoms with Crippen LogP contribution in [-0.2, 0) is 4.79 Å². The van der Waals surface area contributed by atoms with Crippen molar-refractivity contribution >= 4 is 11.6 Å². The van der Waals surface area contributed by atoms with Gasteiger partial charge in [0.2, 0.25) is 5.91 Å². The average molecular weight is 318 g/mol. The second-order valence-corrected chi connectivity index (χ2v) is 7.97. The van der Waals surface area contributed by atoms with Gasteiger partial charge in [0.05, 0.1) is 0 Å². The largest absolute Gasteiger partial charge is 0.382 e. The maximum Gasteiger partial charge on any atom is 0.227 e. The van der Waals surface area contributed by atoms with Gasteiger partial charge in [-0.3, -0.25) is 4.79 Å². The summed E-state index contributed by atoms with van der Waals surface area (Å²) in [5.74, 6) is 0.573. The second-order valence-electron chi connectivity index (χ2n) is 7.97. The zero-order valence-electron chi connectivity index (χ0n) is 14.4. The molecule has 4 heteroatoms. The number of nitrogens with one attached hydrogen (secondary N) is 1. The van der Waals surface area contributed by atoms with E-state index in [2.05, 4.69) is 5.32 Å². The van der Waals surface area contributed by atoms with Gasteiger partial charge in [-0.05, 0) is 49.3 Å². The minimum absolute atomic E-state index is 0.0853. The van der Waals surface area contributed by atoms with Crippen LogP contribution in [0, 0.1) is 11.2 Å². The van der Waals surface area contributed by atoms with E-state index in [1.54, 1.807) is 6.07 Å². The van der Waals surface area contributed by atoms with Gasteiger partial charge in [-0.1, -0.05) is 26.8 Å². The minimum Gasteiger partial charge on any atom is -0.382 e. The molecule has 0 bridgehead atoms. The molecule has 0 unspecified atom stereocenters. The second kappa shape index (κ2) is 6.14. The Hall–Kier alpha value is -1.58. The zero-order valence-corrected chi connectivity index (χ0v) is 14.4. The molecule has 3 rings (SSSR count). The molecule has 23 heavy (non-hydrogen) atoms. The zero-order chi connectivity index (χ0) is 16.6. The molecule has 2 fully saturated rings. The first-order valence-electron chi connectivity index (χ1n) is 8.70. The van der Waals surface area contributed by atoms with Crippen molar-refractivity contribution in [3.63, 3.8) is 0 Å². The molecule has 1 aliphatic heterocycles. The van der Waals surface area contributed by atoms with Gasteiger partial charge in [0.1, 0.15) is 5.82 Å².